The van der Waals surface area contributed by atoms with Crippen molar-refractivity contribution < 1.29 is 9.53 Å². The fourth-order valence-corrected chi connectivity index (χ4v) is 1.11. The molecular weight excluding hydrogens is 168 g/mol. The summed E-state index contributed by atoms with van der Waals surface area (Å²) in [7, 11) is 0. The van der Waals surface area contributed by atoms with Gasteiger partial charge in [0.25, 0.3) is 5.91 Å². The summed E-state index contributed by atoms with van der Waals surface area (Å²) in [5, 5.41) is 7.45. The molecule has 1 fully saturated rings. The Morgan fingerprint density at radius 1 is 1.46 bits per heavy atom. The van der Waals surface area contributed by atoms with Gasteiger partial charge >= 0.3 is 0 Å². The van der Waals surface area contributed by atoms with E-state index in [1.807, 2.05) is 0 Å². The minimum Gasteiger partial charge on any atom is -0.378 e. The lowest BCUT2D eigenvalue weighted by Crippen LogP contribution is -2.44. The summed E-state index contributed by atoms with van der Waals surface area (Å²) in [4.78, 5) is 13.2. The molecule has 0 aromatic rings. The molecule has 0 atom stereocenters. The number of hydrogen-bond acceptors (Lipinski definition) is 3. The third kappa shape index (κ3) is 2.39. The first-order chi connectivity index (χ1) is 6.13. The van der Waals surface area contributed by atoms with Gasteiger partial charge in [-0.25, -0.2) is 0 Å². The molecule has 4 heteroatoms. The van der Waals surface area contributed by atoms with Crippen LogP contribution in [0.1, 0.15) is 6.92 Å². The van der Waals surface area contributed by atoms with Gasteiger partial charge in [0.15, 0.2) is 0 Å². The maximum atomic E-state index is 11.5. The fourth-order valence-electron chi connectivity index (χ4n) is 1.11. The predicted octanol–water partition coefficient (Wildman–Crippen LogP) is 0.441. The van der Waals surface area contributed by atoms with Gasteiger partial charge in [0.05, 0.1) is 13.2 Å². The largest absolute Gasteiger partial charge is 0.378 e. The van der Waals surface area contributed by atoms with Crippen LogP contribution in [0.2, 0.25) is 0 Å². The number of carbonyl (C=O) groups excluding carboxylic acids is 1. The summed E-state index contributed by atoms with van der Waals surface area (Å²) >= 11 is 0. The topological polar surface area (TPSA) is 53.4 Å². The second-order valence-corrected chi connectivity index (χ2v) is 3.06. The molecule has 0 aliphatic carbocycles. The first kappa shape index (κ1) is 9.92. The predicted molar refractivity (Wildman–Crippen MR) is 49.9 cm³/mol. The molecular formula is C9H14N2O2. The van der Waals surface area contributed by atoms with Gasteiger partial charge in [-0.2, -0.15) is 0 Å². The molecule has 0 spiro atoms. The van der Waals surface area contributed by atoms with E-state index in [1.54, 1.807) is 11.8 Å². The summed E-state index contributed by atoms with van der Waals surface area (Å²) in [6, 6.07) is 0. The van der Waals surface area contributed by atoms with Gasteiger partial charge in [0, 0.05) is 13.1 Å². The average Bonchev–Trinajstić information content (AvgIpc) is 2.17. The van der Waals surface area contributed by atoms with Crippen molar-refractivity contribution in [1.82, 2.24) is 4.90 Å². The van der Waals surface area contributed by atoms with Crippen molar-refractivity contribution in [3.63, 3.8) is 0 Å². The van der Waals surface area contributed by atoms with Crippen molar-refractivity contribution in [2.24, 2.45) is 0 Å². The van der Waals surface area contributed by atoms with Crippen LogP contribution in [0, 0.1) is 5.41 Å². The minimum atomic E-state index is -0.240. The number of carbonyl (C=O) groups is 1. The molecule has 1 amide bonds. The lowest BCUT2D eigenvalue weighted by Gasteiger charge is -2.26. The Balaban J connectivity index is 2.55. The van der Waals surface area contributed by atoms with Crippen molar-refractivity contribution in [2.45, 2.75) is 6.92 Å². The van der Waals surface area contributed by atoms with E-state index in [1.165, 1.54) is 0 Å². The van der Waals surface area contributed by atoms with E-state index in [0.29, 0.717) is 31.9 Å². The smallest absolute Gasteiger partial charge is 0.272 e. The van der Waals surface area contributed by atoms with Crippen LogP contribution in [0.5, 0.6) is 0 Å². The highest BCUT2D eigenvalue weighted by Gasteiger charge is 2.20. The molecule has 1 rings (SSSR count). The fraction of sp³-hybridized carbons (Fsp3) is 0.556. The Hall–Kier alpha value is -1.16. The molecule has 0 radical (unpaired) electrons. The third-order valence-electron chi connectivity index (χ3n) is 1.94. The van der Waals surface area contributed by atoms with Crippen molar-refractivity contribution in [3.05, 3.63) is 12.2 Å². The zero-order valence-corrected chi connectivity index (χ0v) is 7.80. The van der Waals surface area contributed by atoms with Gasteiger partial charge in [-0.05, 0) is 12.5 Å². The van der Waals surface area contributed by atoms with Gasteiger partial charge in [0.2, 0.25) is 0 Å². The Labute approximate surface area is 77.7 Å². The van der Waals surface area contributed by atoms with E-state index in [2.05, 4.69) is 6.58 Å². The highest BCUT2D eigenvalue weighted by molar-refractivity contribution is 6.43. The molecule has 0 bridgehead atoms. The molecule has 0 aromatic carbocycles. The number of hydrogen-bond donors (Lipinski definition) is 1. The van der Waals surface area contributed by atoms with Gasteiger partial charge in [-0.1, -0.05) is 6.58 Å². The van der Waals surface area contributed by atoms with E-state index in [4.69, 9.17) is 10.1 Å². The van der Waals surface area contributed by atoms with Gasteiger partial charge < -0.3 is 9.64 Å². The molecule has 1 heterocycles. The first-order valence-electron chi connectivity index (χ1n) is 4.24. The van der Waals surface area contributed by atoms with Crippen molar-refractivity contribution >= 4 is 11.6 Å². The second-order valence-electron chi connectivity index (χ2n) is 3.06. The van der Waals surface area contributed by atoms with Crippen LogP contribution in [0.25, 0.3) is 0 Å². The number of nitrogens with zero attached hydrogens (tertiary/aromatic N) is 1. The number of morpholine rings is 1. The Bertz CT molecular complexity index is 242. The Morgan fingerprint density at radius 2 is 2.00 bits per heavy atom. The third-order valence-corrected chi connectivity index (χ3v) is 1.94. The maximum Gasteiger partial charge on any atom is 0.272 e. The standard InChI is InChI=1S/C9H14N2O2/c1-7(2)8(10)9(12)11-3-5-13-6-4-11/h10H,1,3-6H2,2H3. The van der Waals surface area contributed by atoms with Crippen molar-refractivity contribution in [2.75, 3.05) is 26.3 Å². The summed E-state index contributed by atoms with van der Waals surface area (Å²) in [5.41, 5.74) is 0.512. The van der Waals surface area contributed by atoms with E-state index < -0.39 is 0 Å². The molecule has 0 saturated carbocycles. The van der Waals surface area contributed by atoms with Crippen LogP contribution in [0.4, 0.5) is 0 Å². The zero-order chi connectivity index (χ0) is 9.84. The Morgan fingerprint density at radius 3 is 2.46 bits per heavy atom. The molecule has 4 nitrogen and oxygen atoms in total. The molecule has 0 unspecified atom stereocenters. The number of rotatable bonds is 2. The van der Waals surface area contributed by atoms with Crippen molar-refractivity contribution in [3.8, 4) is 0 Å². The SMILES string of the molecule is C=C(C)C(=N)C(=O)N1CCOCC1. The van der Waals surface area contributed by atoms with E-state index in [9.17, 15) is 4.79 Å². The van der Waals surface area contributed by atoms with Crippen LogP contribution in [-0.4, -0.2) is 42.8 Å². The monoisotopic (exact) mass is 182 g/mol. The highest BCUT2D eigenvalue weighted by atomic mass is 16.5. The Kier molecular flexibility index (Phi) is 3.19. The highest BCUT2D eigenvalue weighted by Crippen LogP contribution is 2.01. The summed E-state index contributed by atoms with van der Waals surface area (Å²) in [6.07, 6.45) is 0. The lowest BCUT2D eigenvalue weighted by atomic mass is 10.2. The molecule has 0 aromatic heterocycles. The van der Waals surface area contributed by atoms with E-state index in [0.717, 1.165) is 0 Å². The van der Waals surface area contributed by atoms with E-state index in [-0.39, 0.29) is 11.6 Å². The van der Waals surface area contributed by atoms with Crippen LogP contribution in [0.15, 0.2) is 12.2 Å². The van der Waals surface area contributed by atoms with Gasteiger partial charge in [-0.15, -0.1) is 0 Å². The molecule has 13 heavy (non-hydrogen) atoms. The van der Waals surface area contributed by atoms with Crippen LogP contribution >= 0.6 is 0 Å². The maximum absolute atomic E-state index is 11.5. The first-order valence-corrected chi connectivity index (χ1v) is 4.24. The lowest BCUT2D eigenvalue weighted by molar-refractivity contribution is -0.128. The van der Waals surface area contributed by atoms with Crippen molar-refractivity contribution in [1.29, 1.82) is 5.41 Å². The molecule has 1 saturated heterocycles. The van der Waals surface area contributed by atoms with E-state index >= 15 is 0 Å². The second kappa shape index (κ2) is 4.18. The zero-order valence-electron chi connectivity index (χ0n) is 7.80. The van der Waals surface area contributed by atoms with Crippen LogP contribution < -0.4 is 0 Å². The number of ether oxygens (including phenoxy) is 1. The quantitative estimate of drug-likeness (QED) is 0.630. The number of amides is 1. The normalized spacial score (nSPS) is 16.8. The summed E-state index contributed by atoms with van der Waals surface area (Å²) in [5.74, 6) is -0.240. The average molecular weight is 182 g/mol. The van der Waals surface area contributed by atoms with Crippen LogP contribution in [-0.2, 0) is 9.53 Å². The van der Waals surface area contributed by atoms with Crippen LogP contribution in [0.3, 0.4) is 0 Å². The molecule has 1 N–H and O–H groups in total. The number of nitrogens with one attached hydrogen (secondary N) is 1. The molecule has 72 valence electrons. The molecule has 1 aliphatic heterocycles. The molecule has 1 aliphatic rings. The summed E-state index contributed by atoms with van der Waals surface area (Å²) in [6.45, 7) is 7.52. The van der Waals surface area contributed by atoms with Gasteiger partial charge in [0.1, 0.15) is 5.71 Å². The van der Waals surface area contributed by atoms with Gasteiger partial charge in [-0.3, -0.25) is 10.2 Å². The summed E-state index contributed by atoms with van der Waals surface area (Å²) < 4.78 is 5.10. The minimum absolute atomic E-state index is 0.00176.